The summed E-state index contributed by atoms with van der Waals surface area (Å²) in [6, 6.07) is -0.584. The molecule has 0 aliphatic carbocycles. The number of carboxylic acid groups (broad SMARTS) is 2. The fraction of sp³-hybridized carbons (Fsp3) is 0.714. The average Bonchev–Trinajstić information content (AvgIpc) is 2.47. The molecule has 0 radical (unpaired) electrons. The van der Waals surface area contributed by atoms with Gasteiger partial charge in [0, 0.05) is 6.54 Å². The summed E-state index contributed by atoms with van der Waals surface area (Å²) in [5.74, 6) is -1.90. The Labute approximate surface area is 75.1 Å². The summed E-state index contributed by atoms with van der Waals surface area (Å²) in [6.07, 6.45) is 1.35. The van der Waals surface area contributed by atoms with Gasteiger partial charge >= 0.3 is 11.9 Å². The van der Waals surface area contributed by atoms with Crippen molar-refractivity contribution in [3.63, 3.8) is 0 Å². The SMILES string of the molecule is O=C(O)CNN1CCC[C@H]1C(=O)O. The molecule has 1 fully saturated rings. The number of carbonyl (C=O) groups is 2. The molecular weight excluding hydrogens is 176 g/mol. The zero-order chi connectivity index (χ0) is 9.84. The van der Waals surface area contributed by atoms with Crippen LogP contribution < -0.4 is 5.43 Å². The second-order valence-electron chi connectivity index (χ2n) is 2.92. The minimum atomic E-state index is -0.990. The molecule has 0 aromatic rings. The maximum Gasteiger partial charge on any atom is 0.322 e. The molecule has 1 aliphatic heterocycles. The van der Waals surface area contributed by atoms with Gasteiger partial charge in [-0.25, -0.2) is 10.4 Å². The Morgan fingerprint density at radius 3 is 2.69 bits per heavy atom. The van der Waals surface area contributed by atoms with E-state index in [0.29, 0.717) is 13.0 Å². The summed E-state index contributed by atoms with van der Waals surface area (Å²) in [5, 5.41) is 18.6. The molecule has 1 atom stereocenters. The van der Waals surface area contributed by atoms with Crippen molar-refractivity contribution >= 4 is 11.9 Å². The first-order valence-corrected chi connectivity index (χ1v) is 4.06. The van der Waals surface area contributed by atoms with E-state index in [2.05, 4.69) is 5.43 Å². The molecule has 1 aliphatic rings. The maximum absolute atomic E-state index is 10.6. The summed E-state index contributed by atoms with van der Waals surface area (Å²) >= 11 is 0. The molecule has 0 saturated carbocycles. The summed E-state index contributed by atoms with van der Waals surface area (Å²) in [7, 11) is 0. The maximum atomic E-state index is 10.6. The highest BCUT2D eigenvalue weighted by molar-refractivity contribution is 5.74. The molecule has 13 heavy (non-hydrogen) atoms. The van der Waals surface area contributed by atoms with Crippen LogP contribution in [0.25, 0.3) is 0 Å². The van der Waals surface area contributed by atoms with Crippen molar-refractivity contribution in [2.24, 2.45) is 0 Å². The fourth-order valence-corrected chi connectivity index (χ4v) is 1.38. The van der Waals surface area contributed by atoms with Gasteiger partial charge < -0.3 is 10.2 Å². The topological polar surface area (TPSA) is 89.9 Å². The summed E-state index contributed by atoms with van der Waals surface area (Å²) in [6.45, 7) is 0.355. The van der Waals surface area contributed by atoms with Gasteiger partial charge in [0.05, 0.1) is 0 Å². The van der Waals surface area contributed by atoms with E-state index >= 15 is 0 Å². The Bertz CT molecular complexity index is 219. The van der Waals surface area contributed by atoms with Crippen LogP contribution in [0.5, 0.6) is 0 Å². The van der Waals surface area contributed by atoms with Crippen LogP contribution in [0.3, 0.4) is 0 Å². The Balaban J connectivity index is 2.39. The molecule has 3 N–H and O–H groups in total. The molecule has 0 aromatic carbocycles. The third kappa shape index (κ3) is 2.67. The Kier molecular flexibility index (Phi) is 3.21. The van der Waals surface area contributed by atoms with Crippen molar-refractivity contribution in [2.45, 2.75) is 18.9 Å². The Morgan fingerprint density at radius 1 is 1.46 bits per heavy atom. The van der Waals surface area contributed by atoms with E-state index in [4.69, 9.17) is 10.2 Å². The van der Waals surface area contributed by atoms with Gasteiger partial charge in [-0.15, -0.1) is 0 Å². The standard InChI is InChI=1S/C7H12N2O4/c10-6(11)4-8-9-3-1-2-5(9)7(12)13/h5,8H,1-4H2,(H,10,11)(H,12,13)/t5-/m0/s1. The normalized spacial score (nSPS) is 23.2. The second-order valence-corrected chi connectivity index (χ2v) is 2.92. The zero-order valence-electron chi connectivity index (χ0n) is 7.06. The van der Waals surface area contributed by atoms with Gasteiger partial charge in [0.15, 0.2) is 0 Å². The number of rotatable bonds is 4. The van der Waals surface area contributed by atoms with E-state index < -0.39 is 18.0 Å². The van der Waals surface area contributed by atoms with E-state index in [0.717, 1.165) is 6.42 Å². The summed E-state index contributed by atoms with van der Waals surface area (Å²) in [4.78, 5) is 20.8. The van der Waals surface area contributed by atoms with Gasteiger partial charge in [-0.1, -0.05) is 0 Å². The number of hydrogen-bond donors (Lipinski definition) is 3. The smallest absolute Gasteiger partial charge is 0.322 e. The minimum Gasteiger partial charge on any atom is -0.480 e. The van der Waals surface area contributed by atoms with Crippen LogP contribution >= 0.6 is 0 Å². The molecular formula is C7H12N2O4. The van der Waals surface area contributed by atoms with Crippen molar-refractivity contribution in [1.29, 1.82) is 0 Å². The molecule has 1 heterocycles. The number of hydrazine groups is 1. The Hall–Kier alpha value is -1.14. The molecule has 1 saturated heterocycles. The highest BCUT2D eigenvalue weighted by Crippen LogP contribution is 2.14. The number of aliphatic carboxylic acids is 2. The van der Waals surface area contributed by atoms with Crippen molar-refractivity contribution in [1.82, 2.24) is 10.4 Å². The van der Waals surface area contributed by atoms with E-state index in [1.165, 1.54) is 5.01 Å². The second kappa shape index (κ2) is 4.20. The predicted molar refractivity (Wildman–Crippen MR) is 43.0 cm³/mol. The largest absolute Gasteiger partial charge is 0.480 e. The molecule has 0 amide bonds. The summed E-state index contributed by atoms with van der Waals surface area (Å²) < 4.78 is 0. The lowest BCUT2D eigenvalue weighted by atomic mass is 10.2. The lowest BCUT2D eigenvalue weighted by Gasteiger charge is -2.20. The van der Waals surface area contributed by atoms with Gasteiger partial charge in [0.2, 0.25) is 0 Å². The molecule has 74 valence electrons. The van der Waals surface area contributed by atoms with Crippen molar-refractivity contribution in [3.8, 4) is 0 Å². The molecule has 6 nitrogen and oxygen atoms in total. The number of nitrogens with zero attached hydrogens (tertiary/aromatic N) is 1. The summed E-state index contributed by atoms with van der Waals surface area (Å²) in [5.41, 5.74) is 2.57. The van der Waals surface area contributed by atoms with Gasteiger partial charge in [-0.05, 0) is 12.8 Å². The predicted octanol–water partition coefficient (Wildman–Crippen LogP) is -0.875. The molecule has 0 spiro atoms. The van der Waals surface area contributed by atoms with Gasteiger partial charge in [-0.2, -0.15) is 0 Å². The monoisotopic (exact) mass is 188 g/mol. The van der Waals surface area contributed by atoms with Crippen LogP contribution in [0.4, 0.5) is 0 Å². The van der Waals surface area contributed by atoms with Crippen LogP contribution in [0.2, 0.25) is 0 Å². The van der Waals surface area contributed by atoms with Crippen molar-refractivity contribution < 1.29 is 19.8 Å². The molecule has 0 unspecified atom stereocenters. The van der Waals surface area contributed by atoms with Crippen LogP contribution in [-0.4, -0.2) is 46.3 Å². The zero-order valence-corrected chi connectivity index (χ0v) is 7.06. The highest BCUT2D eigenvalue weighted by atomic mass is 16.4. The third-order valence-corrected chi connectivity index (χ3v) is 1.97. The lowest BCUT2D eigenvalue weighted by molar-refractivity contribution is -0.145. The Morgan fingerprint density at radius 2 is 2.15 bits per heavy atom. The van der Waals surface area contributed by atoms with E-state index in [1.807, 2.05) is 0 Å². The van der Waals surface area contributed by atoms with E-state index in [-0.39, 0.29) is 6.54 Å². The van der Waals surface area contributed by atoms with Crippen molar-refractivity contribution in [2.75, 3.05) is 13.1 Å². The van der Waals surface area contributed by atoms with Crippen molar-refractivity contribution in [3.05, 3.63) is 0 Å². The first-order chi connectivity index (χ1) is 6.11. The van der Waals surface area contributed by atoms with Gasteiger partial charge in [0.25, 0.3) is 0 Å². The van der Waals surface area contributed by atoms with Crippen LogP contribution in [0.15, 0.2) is 0 Å². The first kappa shape index (κ1) is 9.94. The van der Waals surface area contributed by atoms with Crippen LogP contribution in [0.1, 0.15) is 12.8 Å². The van der Waals surface area contributed by atoms with Gasteiger partial charge in [0.1, 0.15) is 12.6 Å². The fourth-order valence-electron chi connectivity index (χ4n) is 1.38. The molecule has 0 aromatic heterocycles. The van der Waals surface area contributed by atoms with Crippen LogP contribution in [-0.2, 0) is 9.59 Å². The molecule has 6 heteroatoms. The number of carboxylic acids is 2. The lowest BCUT2D eigenvalue weighted by Crippen LogP contribution is -2.47. The van der Waals surface area contributed by atoms with E-state index in [1.54, 1.807) is 0 Å². The molecule has 0 bridgehead atoms. The minimum absolute atomic E-state index is 0.232. The third-order valence-electron chi connectivity index (χ3n) is 1.97. The van der Waals surface area contributed by atoms with Gasteiger partial charge in [-0.3, -0.25) is 9.59 Å². The number of hydrogen-bond acceptors (Lipinski definition) is 4. The quantitative estimate of drug-likeness (QED) is 0.531. The van der Waals surface area contributed by atoms with E-state index in [9.17, 15) is 9.59 Å². The number of nitrogens with one attached hydrogen (secondary N) is 1. The molecule has 1 rings (SSSR count). The van der Waals surface area contributed by atoms with Crippen LogP contribution in [0, 0.1) is 0 Å². The average molecular weight is 188 g/mol. The highest BCUT2D eigenvalue weighted by Gasteiger charge is 2.30. The first-order valence-electron chi connectivity index (χ1n) is 4.06.